The SMILES string of the molecule is Cc1cc2c(NCC(O)CN3CCc4ccccc4C3)nccn2n1. The number of hydrogen-bond acceptors (Lipinski definition) is 5. The van der Waals surface area contributed by atoms with Crippen molar-refractivity contribution in [3.05, 3.63) is 59.5 Å². The summed E-state index contributed by atoms with van der Waals surface area (Å²) in [4.78, 5) is 6.68. The fourth-order valence-electron chi connectivity index (χ4n) is 3.47. The number of fused-ring (bicyclic) bond motifs is 2. The van der Waals surface area contributed by atoms with Crippen molar-refractivity contribution in [2.24, 2.45) is 0 Å². The molecule has 1 aliphatic rings. The van der Waals surface area contributed by atoms with Gasteiger partial charge >= 0.3 is 0 Å². The van der Waals surface area contributed by atoms with Gasteiger partial charge in [0.15, 0.2) is 5.82 Å². The minimum Gasteiger partial charge on any atom is -0.390 e. The van der Waals surface area contributed by atoms with Gasteiger partial charge in [0.05, 0.1) is 11.8 Å². The molecule has 1 aromatic carbocycles. The van der Waals surface area contributed by atoms with Crippen molar-refractivity contribution in [1.82, 2.24) is 19.5 Å². The van der Waals surface area contributed by atoms with Crippen LogP contribution in [0.5, 0.6) is 0 Å². The van der Waals surface area contributed by atoms with E-state index < -0.39 is 6.10 Å². The predicted octanol–water partition coefficient (Wildman–Crippen LogP) is 1.87. The summed E-state index contributed by atoms with van der Waals surface area (Å²) in [6.45, 7) is 4.98. The second kappa shape index (κ2) is 6.82. The molecular weight excluding hydrogens is 314 g/mol. The van der Waals surface area contributed by atoms with E-state index in [-0.39, 0.29) is 0 Å². The summed E-state index contributed by atoms with van der Waals surface area (Å²) in [6, 6.07) is 10.5. The van der Waals surface area contributed by atoms with Crippen molar-refractivity contribution in [2.75, 3.05) is 25.0 Å². The highest BCUT2D eigenvalue weighted by Gasteiger charge is 2.18. The lowest BCUT2D eigenvalue weighted by atomic mass is 10.00. The first kappa shape index (κ1) is 16.1. The van der Waals surface area contributed by atoms with Gasteiger partial charge in [0, 0.05) is 38.6 Å². The number of aromatic nitrogens is 3. The zero-order chi connectivity index (χ0) is 17.2. The average Bonchev–Trinajstić information content (AvgIpc) is 3.00. The summed E-state index contributed by atoms with van der Waals surface area (Å²) >= 11 is 0. The van der Waals surface area contributed by atoms with E-state index in [2.05, 4.69) is 44.6 Å². The van der Waals surface area contributed by atoms with Gasteiger partial charge in [-0.2, -0.15) is 5.10 Å². The van der Waals surface area contributed by atoms with E-state index in [1.54, 1.807) is 10.7 Å². The fourth-order valence-corrected chi connectivity index (χ4v) is 3.47. The molecule has 25 heavy (non-hydrogen) atoms. The molecule has 0 fully saturated rings. The Labute approximate surface area is 147 Å². The van der Waals surface area contributed by atoms with E-state index >= 15 is 0 Å². The molecule has 0 aliphatic carbocycles. The molecule has 0 spiro atoms. The third kappa shape index (κ3) is 3.50. The highest BCUT2D eigenvalue weighted by Crippen LogP contribution is 2.19. The van der Waals surface area contributed by atoms with Crippen LogP contribution < -0.4 is 5.32 Å². The molecule has 2 N–H and O–H groups in total. The Morgan fingerprint density at radius 2 is 2.12 bits per heavy atom. The smallest absolute Gasteiger partial charge is 0.152 e. The molecule has 2 aromatic heterocycles. The topological polar surface area (TPSA) is 65.7 Å². The summed E-state index contributed by atoms with van der Waals surface area (Å²) in [5.74, 6) is 0.756. The number of hydrogen-bond donors (Lipinski definition) is 2. The van der Waals surface area contributed by atoms with E-state index in [4.69, 9.17) is 0 Å². The van der Waals surface area contributed by atoms with Crippen molar-refractivity contribution in [3.63, 3.8) is 0 Å². The number of aryl methyl sites for hydroxylation is 1. The lowest BCUT2D eigenvalue weighted by Gasteiger charge is -2.30. The number of aliphatic hydroxyl groups is 1. The average molecular weight is 337 g/mol. The number of aliphatic hydroxyl groups excluding tert-OH is 1. The lowest BCUT2D eigenvalue weighted by molar-refractivity contribution is 0.114. The van der Waals surface area contributed by atoms with Crippen LogP contribution in [-0.4, -0.2) is 50.3 Å². The summed E-state index contributed by atoms with van der Waals surface area (Å²) < 4.78 is 1.80. The molecule has 0 radical (unpaired) electrons. The van der Waals surface area contributed by atoms with E-state index in [0.29, 0.717) is 13.1 Å². The van der Waals surface area contributed by atoms with Crippen LogP contribution in [-0.2, 0) is 13.0 Å². The molecule has 3 heterocycles. The van der Waals surface area contributed by atoms with Gasteiger partial charge in [-0.15, -0.1) is 0 Å². The molecule has 1 unspecified atom stereocenters. The second-order valence-corrected chi connectivity index (χ2v) is 6.68. The van der Waals surface area contributed by atoms with Crippen molar-refractivity contribution in [2.45, 2.75) is 26.0 Å². The Morgan fingerprint density at radius 3 is 3.00 bits per heavy atom. The van der Waals surface area contributed by atoms with E-state index in [0.717, 1.165) is 36.5 Å². The van der Waals surface area contributed by atoms with Crippen molar-refractivity contribution >= 4 is 11.3 Å². The molecule has 130 valence electrons. The van der Waals surface area contributed by atoms with Crippen molar-refractivity contribution in [3.8, 4) is 0 Å². The van der Waals surface area contributed by atoms with Gasteiger partial charge in [-0.1, -0.05) is 24.3 Å². The summed E-state index contributed by atoms with van der Waals surface area (Å²) in [7, 11) is 0. The zero-order valence-corrected chi connectivity index (χ0v) is 14.4. The number of nitrogens with zero attached hydrogens (tertiary/aromatic N) is 4. The van der Waals surface area contributed by atoms with Crippen LogP contribution in [0, 0.1) is 6.92 Å². The highest BCUT2D eigenvalue weighted by atomic mass is 16.3. The van der Waals surface area contributed by atoms with E-state index in [1.165, 1.54) is 11.1 Å². The molecule has 0 bridgehead atoms. The van der Waals surface area contributed by atoms with Gasteiger partial charge in [-0.05, 0) is 30.5 Å². The van der Waals surface area contributed by atoms with Crippen LogP contribution in [0.25, 0.3) is 5.52 Å². The first-order valence-corrected chi connectivity index (χ1v) is 8.71. The maximum absolute atomic E-state index is 10.4. The van der Waals surface area contributed by atoms with Crippen LogP contribution in [0.15, 0.2) is 42.7 Å². The summed E-state index contributed by atoms with van der Waals surface area (Å²) in [5, 5.41) is 18.1. The lowest BCUT2D eigenvalue weighted by Crippen LogP contribution is -2.39. The van der Waals surface area contributed by atoms with Crippen molar-refractivity contribution in [1.29, 1.82) is 0 Å². The third-order valence-corrected chi connectivity index (χ3v) is 4.70. The van der Waals surface area contributed by atoms with Crippen LogP contribution in [0.1, 0.15) is 16.8 Å². The Balaban J connectivity index is 1.36. The Kier molecular flexibility index (Phi) is 4.38. The maximum atomic E-state index is 10.4. The molecule has 1 aliphatic heterocycles. The van der Waals surface area contributed by atoms with Crippen LogP contribution in [0.3, 0.4) is 0 Å². The monoisotopic (exact) mass is 337 g/mol. The summed E-state index contributed by atoms with van der Waals surface area (Å²) in [6.07, 6.45) is 4.15. The maximum Gasteiger partial charge on any atom is 0.152 e. The predicted molar refractivity (Wildman–Crippen MR) is 97.6 cm³/mol. The molecule has 4 rings (SSSR count). The van der Waals surface area contributed by atoms with Gasteiger partial charge in [0.25, 0.3) is 0 Å². The largest absolute Gasteiger partial charge is 0.390 e. The minimum absolute atomic E-state index is 0.448. The zero-order valence-electron chi connectivity index (χ0n) is 14.4. The van der Waals surface area contributed by atoms with Crippen LogP contribution in [0.4, 0.5) is 5.82 Å². The third-order valence-electron chi connectivity index (χ3n) is 4.70. The molecule has 0 amide bonds. The first-order valence-electron chi connectivity index (χ1n) is 8.71. The van der Waals surface area contributed by atoms with Gasteiger partial charge < -0.3 is 10.4 Å². The number of nitrogens with one attached hydrogen (secondary N) is 1. The molecule has 0 saturated heterocycles. The summed E-state index contributed by atoms with van der Waals surface area (Å²) in [5.41, 5.74) is 4.68. The first-order chi connectivity index (χ1) is 12.2. The molecular formula is C19H23N5O. The van der Waals surface area contributed by atoms with Gasteiger partial charge in [-0.25, -0.2) is 9.50 Å². The van der Waals surface area contributed by atoms with E-state index in [1.807, 2.05) is 19.2 Å². The van der Waals surface area contributed by atoms with Gasteiger partial charge in [0.2, 0.25) is 0 Å². The minimum atomic E-state index is -0.448. The Bertz CT molecular complexity index is 875. The van der Waals surface area contributed by atoms with Gasteiger partial charge in [0.1, 0.15) is 5.52 Å². The normalized spacial score (nSPS) is 15.9. The Hall–Kier alpha value is -2.44. The standard InChI is InChI=1S/C19H23N5O/c1-14-10-18-19(20-7-9-24(18)22-14)21-11-17(25)13-23-8-6-15-4-2-3-5-16(15)12-23/h2-5,7,9-10,17,25H,6,8,11-13H2,1H3,(H,20,21). The number of anilines is 1. The highest BCUT2D eigenvalue weighted by molar-refractivity contribution is 5.67. The Morgan fingerprint density at radius 1 is 1.28 bits per heavy atom. The number of benzene rings is 1. The quantitative estimate of drug-likeness (QED) is 0.744. The fraction of sp³-hybridized carbons (Fsp3) is 0.368. The molecule has 6 nitrogen and oxygen atoms in total. The molecule has 1 atom stereocenters. The van der Waals surface area contributed by atoms with Gasteiger partial charge in [-0.3, -0.25) is 4.90 Å². The number of rotatable bonds is 5. The molecule has 0 saturated carbocycles. The molecule has 3 aromatic rings. The number of β-amino-alcohol motifs (C(OH)–C–C–N with tert-alkyl or cyclic N) is 1. The van der Waals surface area contributed by atoms with E-state index in [9.17, 15) is 5.11 Å². The van der Waals surface area contributed by atoms with Crippen molar-refractivity contribution < 1.29 is 5.11 Å². The molecule has 6 heteroatoms. The van der Waals surface area contributed by atoms with Crippen LogP contribution >= 0.6 is 0 Å². The van der Waals surface area contributed by atoms with Crippen LogP contribution in [0.2, 0.25) is 0 Å². The second-order valence-electron chi connectivity index (χ2n) is 6.68.